The minimum Gasteiger partial charge on any atom is -0.465 e. The third-order valence-corrected chi connectivity index (χ3v) is 13.9. The number of anilines is 1. The summed E-state index contributed by atoms with van der Waals surface area (Å²) in [5.74, 6) is -2.55. The summed E-state index contributed by atoms with van der Waals surface area (Å²) in [6, 6.07) is 7.65. The number of carbonyl (C=O) groups excluding carboxylic acids is 3. The van der Waals surface area contributed by atoms with Gasteiger partial charge < -0.3 is 30.4 Å². The molecule has 2 atom stereocenters. The predicted molar refractivity (Wildman–Crippen MR) is 203 cm³/mol. The zero-order valence-corrected chi connectivity index (χ0v) is 33.5. The summed E-state index contributed by atoms with van der Waals surface area (Å²) in [6.45, 7) is 18.8. The lowest BCUT2D eigenvalue weighted by atomic mass is 9.95. The van der Waals surface area contributed by atoms with Crippen molar-refractivity contribution in [2.24, 2.45) is 11.1 Å². The van der Waals surface area contributed by atoms with Crippen LogP contribution in [0.1, 0.15) is 70.6 Å². The molecule has 0 saturated heterocycles. The number of primary amides is 1. The highest BCUT2D eigenvalue weighted by molar-refractivity contribution is 6.74. The van der Waals surface area contributed by atoms with E-state index in [2.05, 4.69) is 70.4 Å². The average Bonchev–Trinajstić information content (AvgIpc) is 3.35. The first kappa shape index (κ1) is 42.4. The van der Waals surface area contributed by atoms with Crippen molar-refractivity contribution in [2.45, 2.75) is 85.2 Å². The molecular weight excluding hydrogens is 709 g/mol. The molecule has 0 bridgehead atoms. The van der Waals surface area contributed by atoms with Crippen LogP contribution < -0.4 is 16.4 Å². The predicted octanol–water partition coefficient (Wildman–Crippen LogP) is 6.09. The van der Waals surface area contributed by atoms with Gasteiger partial charge in [0.15, 0.2) is 14.0 Å². The molecule has 52 heavy (non-hydrogen) atoms. The molecule has 1 heterocycles. The molecule has 0 radical (unpaired) electrons. The molecular formula is C36H53ClFN7O6Si. The number of likely N-dealkylation sites (N-methyl/N-ethyl adjacent to an activating group) is 1. The number of rotatable bonds is 15. The van der Waals surface area contributed by atoms with Gasteiger partial charge in [-0.25, -0.2) is 9.18 Å². The monoisotopic (exact) mass is 761 g/mol. The maximum Gasteiger partial charge on any atom is 0.409 e. The highest BCUT2D eigenvalue weighted by Gasteiger charge is 2.38. The number of carbonyl (C=O) groups is 4. The molecule has 5 N–H and O–H groups in total. The third-order valence-electron chi connectivity index (χ3n) is 9.11. The highest BCUT2D eigenvalue weighted by atomic mass is 35.5. The average molecular weight is 762 g/mol. The Hall–Kier alpha value is -4.05. The van der Waals surface area contributed by atoms with Gasteiger partial charge in [-0.2, -0.15) is 5.10 Å². The number of aromatic nitrogens is 2. The van der Waals surface area contributed by atoms with Gasteiger partial charge in [0.1, 0.15) is 12.4 Å². The molecule has 286 valence electrons. The number of carboxylic acid groups (broad SMARTS) is 1. The number of hydrogen-bond acceptors (Lipinski definition) is 7. The molecule has 1 aromatic heterocycles. The van der Waals surface area contributed by atoms with Gasteiger partial charge in [-0.3, -0.25) is 24.4 Å². The molecule has 0 saturated carbocycles. The first-order valence-corrected chi connectivity index (χ1v) is 20.3. The van der Waals surface area contributed by atoms with E-state index in [1.165, 1.54) is 33.8 Å². The van der Waals surface area contributed by atoms with Gasteiger partial charge in [0.2, 0.25) is 11.8 Å². The number of halogens is 2. The summed E-state index contributed by atoms with van der Waals surface area (Å²) in [4.78, 5) is 55.0. The van der Waals surface area contributed by atoms with Crippen molar-refractivity contribution in [2.75, 3.05) is 38.6 Å². The zero-order valence-electron chi connectivity index (χ0n) is 31.8. The van der Waals surface area contributed by atoms with E-state index < -0.39 is 56.6 Å². The molecule has 0 aliphatic heterocycles. The van der Waals surface area contributed by atoms with Crippen LogP contribution in [0.5, 0.6) is 0 Å². The van der Waals surface area contributed by atoms with E-state index in [9.17, 15) is 19.2 Å². The molecule has 2 aromatic carbocycles. The van der Waals surface area contributed by atoms with Crippen LogP contribution in [0.25, 0.3) is 10.9 Å². The van der Waals surface area contributed by atoms with Crippen LogP contribution in [0.4, 0.5) is 14.9 Å². The van der Waals surface area contributed by atoms with Gasteiger partial charge in [-0.05, 0) is 61.8 Å². The van der Waals surface area contributed by atoms with E-state index in [0.717, 1.165) is 0 Å². The van der Waals surface area contributed by atoms with Gasteiger partial charge in [-0.1, -0.05) is 65.3 Å². The Morgan fingerprint density at radius 3 is 2.35 bits per heavy atom. The van der Waals surface area contributed by atoms with Crippen molar-refractivity contribution < 1.29 is 33.1 Å². The molecule has 0 unspecified atom stereocenters. The maximum absolute atomic E-state index is 15.4. The maximum atomic E-state index is 15.4. The molecule has 0 aliphatic carbocycles. The van der Waals surface area contributed by atoms with Crippen LogP contribution in [0.3, 0.4) is 0 Å². The van der Waals surface area contributed by atoms with Gasteiger partial charge in [0, 0.05) is 29.7 Å². The molecule has 0 spiro atoms. The Balaban J connectivity index is 1.98. The SMILES string of the molecule is C[C@H](CO[Si](C)(C)C(C)(C)C)N(CC(=O)N[C@H](CN(C)CC(C)(C)C)c1cccc(Cl)c1F)C(=O)Cn1nc(C(N)=O)c2cc(NC(=O)O)ccc21. The summed E-state index contributed by atoms with van der Waals surface area (Å²) in [7, 11) is -0.373. The Morgan fingerprint density at radius 2 is 1.77 bits per heavy atom. The van der Waals surface area contributed by atoms with Crippen molar-refractivity contribution in [3.63, 3.8) is 0 Å². The molecule has 16 heteroatoms. The Bertz CT molecular complexity index is 1790. The molecule has 0 fully saturated rings. The van der Waals surface area contributed by atoms with Crippen LogP contribution in [0, 0.1) is 11.2 Å². The normalized spacial score (nSPS) is 13.6. The largest absolute Gasteiger partial charge is 0.465 e. The molecule has 3 aromatic rings. The highest BCUT2D eigenvalue weighted by Crippen LogP contribution is 2.36. The Morgan fingerprint density at radius 1 is 1.12 bits per heavy atom. The second kappa shape index (κ2) is 16.7. The number of nitrogens with one attached hydrogen (secondary N) is 2. The van der Waals surface area contributed by atoms with E-state index in [1.54, 1.807) is 19.1 Å². The van der Waals surface area contributed by atoms with E-state index in [1.807, 2.05) is 11.9 Å². The molecule has 3 rings (SSSR count). The second-order valence-corrected chi connectivity index (χ2v) is 21.2. The minimum absolute atomic E-state index is 0.0711. The van der Waals surface area contributed by atoms with Crippen LogP contribution >= 0.6 is 11.6 Å². The number of nitrogens with two attached hydrogens (primary N) is 1. The summed E-state index contributed by atoms with van der Waals surface area (Å²) < 4.78 is 23.1. The van der Waals surface area contributed by atoms with Gasteiger partial charge >= 0.3 is 6.09 Å². The quantitative estimate of drug-likeness (QED) is 0.135. The number of hydrogen-bond donors (Lipinski definition) is 4. The second-order valence-electron chi connectivity index (χ2n) is 16.0. The van der Waals surface area contributed by atoms with Crippen molar-refractivity contribution >= 4 is 60.3 Å². The van der Waals surface area contributed by atoms with Crippen LogP contribution in [-0.4, -0.2) is 96.1 Å². The fourth-order valence-corrected chi connectivity index (χ4v) is 6.89. The summed E-state index contributed by atoms with van der Waals surface area (Å²) in [5.41, 5.74) is 6.12. The molecule has 13 nitrogen and oxygen atoms in total. The van der Waals surface area contributed by atoms with Gasteiger partial charge in [0.25, 0.3) is 5.91 Å². The van der Waals surface area contributed by atoms with Crippen molar-refractivity contribution in [1.82, 2.24) is 24.9 Å². The van der Waals surface area contributed by atoms with Gasteiger partial charge in [0.05, 0.1) is 35.8 Å². The van der Waals surface area contributed by atoms with E-state index in [-0.39, 0.29) is 57.5 Å². The lowest BCUT2D eigenvalue weighted by Crippen LogP contribution is -2.51. The fraction of sp³-hybridized carbons (Fsp3) is 0.528. The number of nitrogens with zero attached hydrogens (tertiary/aromatic N) is 4. The minimum atomic E-state index is -2.26. The van der Waals surface area contributed by atoms with Crippen LogP contribution in [-0.2, 0) is 20.6 Å². The van der Waals surface area contributed by atoms with Gasteiger partial charge in [-0.15, -0.1) is 0 Å². The Kier molecular flexibility index (Phi) is 13.6. The fourth-order valence-electron chi connectivity index (χ4n) is 5.62. The van der Waals surface area contributed by atoms with E-state index >= 15 is 4.39 Å². The van der Waals surface area contributed by atoms with Crippen LogP contribution in [0.2, 0.25) is 23.2 Å². The third kappa shape index (κ3) is 11.2. The van der Waals surface area contributed by atoms with Crippen molar-refractivity contribution in [1.29, 1.82) is 0 Å². The molecule has 4 amide bonds. The lowest BCUT2D eigenvalue weighted by molar-refractivity contribution is -0.139. The first-order valence-electron chi connectivity index (χ1n) is 17.1. The lowest BCUT2D eigenvalue weighted by Gasteiger charge is -2.38. The van der Waals surface area contributed by atoms with Crippen molar-refractivity contribution in [3.8, 4) is 0 Å². The van der Waals surface area contributed by atoms with E-state index in [4.69, 9.17) is 26.9 Å². The first-order chi connectivity index (χ1) is 23.9. The summed E-state index contributed by atoms with van der Waals surface area (Å²) in [5, 5.41) is 18.7. The smallest absolute Gasteiger partial charge is 0.409 e. The van der Waals surface area contributed by atoms with Crippen LogP contribution in [0.15, 0.2) is 36.4 Å². The number of benzene rings is 2. The zero-order chi connectivity index (χ0) is 39.3. The topological polar surface area (TPSA) is 172 Å². The number of fused-ring (bicyclic) bond motifs is 1. The Labute approximate surface area is 311 Å². The van der Waals surface area contributed by atoms with E-state index in [0.29, 0.717) is 12.1 Å². The number of amides is 4. The summed E-state index contributed by atoms with van der Waals surface area (Å²) >= 11 is 6.15. The standard InChI is InChI=1S/C36H53ClFN7O6Si/c1-22(20-51-52(9,10)36(5,6)7)44(30(47)19-45-28-15-14-23(40-34(49)50)16-25(28)32(42-45)33(39)48)18-29(46)41-27(17-43(8)21-35(2,3)4)24-12-11-13-26(37)31(24)38/h11-16,22,27,40H,17-21H2,1-10H3,(H2,39,48)(H,41,46)(H,49,50)/t22-,27-/m1/s1. The van der Waals surface area contributed by atoms with Crippen molar-refractivity contribution in [3.05, 3.63) is 58.5 Å². The molecule has 0 aliphatic rings. The summed E-state index contributed by atoms with van der Waals surface area (Å²) in [6.07, 6.45) is -1.30.